The van der Waals surface area contributed by atoms with Gasteiger partial charge in [0.25, 0.3) is 0 Å². The van der Waals surface area contributed by atoms with E-state index in [2.05, 4.69) is 67.3 Å². The number of aromatic nitrogens is 3. The number of hydrogen-bond acceptors (Lipinski definition) is 3. The summed E-state index contributed by atoms with van der Waals surface area (Å²) in [5.41, 5.74) is 3.72. The number of pyridine rings is 1. The first kappa shape index (κ1) is 18.0. The van der Waals surface area contributed by atoms with E-state index in [-0.39, 0.29) is 5.41 Å². The number of nitrogens with zero attached hydrogens (tertiary/aromatic N) is 3. The highest BCUT2D eigenvalue weighted by molar-refractivity contribution is 5.41. The van der Waals surface area contributed by atoms with Gasteiger partial charge in [0.15, 0.2) is 5.82 Å². The number of benzene rings is 2. The third-order valence-electron chi connectivity index (χ3n) is 5.02. The van der Waals surface area contributed by atoms with Crippen molar-refractivity contribution in [1.29, 1.82) is 0 Å². The van der Waals surface area contributed by atoms with Crippen molar-refractivity contribution in [1.82, 2.24) is 14.8 Å². The molecule has 2 aromatic heterocycles. The SMILES string of the molecule is Cc1ccc(C(C)(C)c2ccc(Oc3cccc(-n4cccn4)n3)cc2)cc1. The summed E-state index contributed by atoms with van der Waals surface area (Å²) >= 11 is 0. The highest BCUT2D eigenvalue weighted by Gasteiger charge is 2.22. The molecule has 28 heavy (non-hydrogen) atoms. The molecule has 0 aliphatic rings. The summed E-state index contributed by atoms with van der Waals surface area (Å²) in [7, 11) is 0. The molecule has 0 saturated heterocycles. The summed E-state index contributed by atoms with van der Waals surface area (Å²) in [6.07, 6.45) is 3.58. The van der Waals surface area contributed by atoms with Crippen molar-refractivity contribution in [3.05, 3.63) is 102 Å². The van der Waals surface area contributed by atoms with Crippen LogP contribution in [0.5, 0.6) is 11.6 Å². The highest BCUT2D eigenvalue weighted by Crippen LogP contribution is 2.33. The van der Waals surface area contributed by atoms with Gasteiger partial charge in [0.1, 0.15) is 5.75 Å². The predicted octanol–water partition coefficient (Wildman–Crippen LogP) is 5.69. The van der Waals surface area contributed by atoms with E-state index in [0.29, 0.717) is 5.88 Å². The van der Waals surface area contributed by atoms with E-state index in [1.807, 2.05) is 42.6 Å². The van der Waals surface area contributed by atoms with Gasteiger partial charge >= 0.3 is 0 Å². The van der Waals surface area contributed by atoms with Crippen LogP contribution in [0.25, 0.3) is 5.82 Å². The molecule has 2 aromatic carbocycles. The van der Waals surface area contributed by atoms with Gasteiger partial charge in [0, 0.05) is 23.9 Å². The predicted molar refractivity (Wildman–Crippen MR) is 111 cm³/mol. The summed E-state index contributed by atoms with van der Waals surface area (Å²) in [5.74, 6) is 2.02. The highest BCUT2D eigenvalue weighted by atomic mass is 16.5. The molecule has 0 N–H and O–H groups in total. The van der Waals surface area contributed by atoms with Gasteiger partial charge in [-0.15, -0.1) is 0 Å². The molecule has 2 heterocycles. The zero-order chi connectivity index (χ0) is 19.6. The van der Waals surface area contributed by atoms with E-state index in [9.17, 15) is 0 Å². The second-order valence-electron chi connectivity index (χ2n) is 7.40. The largest absolute Gasteiger partial charge is 0.439 e. The molecule has 0 unspecified atom stereocenters. The molecule has 0 bridgehead atoms. The van der Waals surface area contributed by atoms with E-state index in [1.54, 1.807) is 10.9 Å². The molecule has 0 fully saturated rings. The Kier molecular flexibility index (Phi) is 4.70. The molecule has 0 aliphatic heterocycles. The van der Waals surface area contributed by atoms with Gasteiger partial charge in [-0.2, -0.15) is 10.1 Å². The summed E-state index contributed by atoms with van der Waals surface area (Å²) in [6, 6.07) is 24.5. The smallest absolute Gasteiger partial charge is 0.221 e. The molecule has 0 saturated carbocycles. The average Bonchev–Trinajstić information content (AvgIpc) is 3.24. The maximum absolute atomic E-state index is 5.95. The molecule has 0 atom stereocenters. The van der Waals surface area contributed by atoms with Crippen molar-refractivity contribution < 1.29 is 4.74 Å². The van der Waals surface area contributed by atoms with Crippen molar-refractivity contribution in [3.63, 3.8) is 0 Å². The lowest BCUT2D eigenvalue weighted by Crippen LogP contribution is -2.18. The zero-order valence-electron chi connectivity index (χ0n) is 16.3. The van der Waals surface area contributed by atoms with Gasteiger partial charge in [-0.1, -0.05) is 61.9 Å². The minimum Gasteiger partial charge on any atom is -0.439 e. The van der Waals surface area contributed by atoms with Gasteiger partial charge in [-0.25, -0.2) is 4.68 Å². The topological polar surface area (TPSA) is 39.9 Å². The third-order valence-corrected chi connectivity index (χ3v) is 5.02. The van der Waals surface area contributed by atoms with Crippen LogP contribution < -0.4 is 4.74 Å². The zero-order valence-corrected chi connectivity index (χ0v) is 16.3. The van der Waals surface area contributed by atoms with Crippen LogP contribution in [0.3, 0.4) is 0 Å². The van der Waals surface area contributed by atoms with Crippen LogP contribution in [-0.2, 0) is 5.41 Å². The second-order valence-corrected chi connectivity index (χ2v) is 7.40. The molecular weight excluding hydrogens is 346 g/mol. The van der Waals surface area contributed by atoms with Crippen LogP contribution >= 0.6 is 0 Å². The quantitative estimate of drug-likeness (QED) is 0.453. The Morgan fingerprint density at radius 1 is 0.821 bits per heavy atom. The van der Waals surface area contributed by atoms with Crippen LogP contribution in [0.1, 0.15) is 30.5 Å². The van der Waals surface area contributed by atoms with Crippen molar-refractivity contribution >= 4 is 0 Å². The minimum absolute atomic E-state index is 0.0789. The Morgan fingerprint density at radius 3 is 2.14 bits per heavy atom. The Bertz CT molecular complexity index is 1050. The van der Waals surface area contributed by atoms with Crippen molar-refractivity contribution in [3.8, 4) is 17.4 Å². The monoisotopic (exact) mass is 369 g/mol. The Labute approximate surface area is 165 Å². The molecule has 4 rings (SSSR count). The molecular formula is C24H23N3O. The molecule has 4 nitrogen and oxygen atoms in total. The normalized spacial score (nSPS) is 11.4. The first-order valence-corrected chi connectivity index (χ1v) is 9.35. The standard InChI is InChI=1S/C24H23N3O/c1-18-8-10-19(11-9-18)24(2,3)20-12-14-21(15-13-20)28-23-7-4-6-22(26-23)27-17-5-16-25-27/h4-17H,1-3H3. The van der Waals surface area contributed by atoms with Gasteiger partial charge in [0.05, 0.1) is 0 Å². The molecule has 140 valence electrons. The van der Waals surface area contributed by atoms with Crippen LogP contribution in [0.4, 0.5) is 0 Å². The molecule has 0 spiro atoms. The molecule has 4 heteroatoms. The van der Waals surface area contributed by atoms with Crippen molar-refractivity contribution in [2.24, 2.45) is 0 Å². The Hall–Kier alpha value is -3.40. The average molecular weight is 369 g/mol. The van der Waals surface area contributed by atoms with Crippen molar-refractivity contribution in [2.45, 2.75) is 26.2 Å². The fraction of sp³-hybridized carbons (Fsp3) is 0.167. The summed E-state index contributed by atoms with van der Waals surface area (Å²) < 4.78 is 7.66. The first-order valence-electron chi connectivity index (χ1n) is 9.35. The third kappa shape index (κ3) is 3.67. The van der Waals surface area contributed by atoms with Gasteiger partial charge < -0.3 is 4.74 Å². The molecule has 0 radical (unpaired) electrons. The van der Waals surface area contributed by atoms with Gasteiger partial charge in [-0.3, -0.25) is 0 Å². The molecule has 0 aliphatic carbocycles. The van der Waals surface area contributed by atoms with E-state index < -0.39 is 0 Å². The minimum atomic E-state index is -0.0789. The molecule has 0 amide bonds. The Morgan fingerprint density at radius 2 is 1.50 bits per heavy atom. The first-order chi connectivity index (χ1) is 13.5. The van der Waals surface area contributed by atoms with Crippen molar-refractivity contribution in [2.75, 3.05) is 0 Å². The van der Waals surface area contributed by atoms with E-state index in [0.717, 1.165) is 11.6 Å². The number of rotatable bonds is 5. The maximum Gasteiger partial charge on any atom is 0.221 e. The van der Waals surface area contributed by atoms with Gasteiger partial charge in [-0.05, 0) is 42.3 Å². The molecule has 4 aromatic rings. The maximum atomic E-state index is 5.95. The summed E-state index contributed by atoms with van der Waals surface area (Å²) in [5, 5.41) is 4.21. The second kappa shape index (κ2) is 7.31. The van der Waals surface area contributed by atoms with Crippen LogP contribution in [-0.4, -0.2) is 14.8 Å². The summed E-state index contributed by atoms with van der Waals surface area (Å²) in [6.45, 7) is 6.59. The number of aryl methyl sites for hydroxylation is 1. The van der Waals surface area contributed by atoms with E-state index in [1.165, 1.54) is 16.7 Å². The number of hydrogen-bond donors (Lipinski definition) is 0. The van der Waals surface area contributed by atoms with Crippen LogP contribution in [0.15, 0.2) is 85.2 Å². The Balaban J connectivity index is 1.54. The lowest BCUT2D eigenvalue weighted by atomic mass is 9.78. The fourth-order valence-electron chi connectivity index (χ4n) is 3.19. The lowest BCUT2D eigenvalue weighted by molar-refractivity contribution is 0.461. The van der Waals surface area contributed by atoms with Crippen LogP contribution in [0.2, 0.25) is 0 Å². The van der Waals surface area contributed by atoms with E-state index >= 15 is 0 Å². The lowest BCUT2D eigenvalue weighted by Gasteiger charge is -2.26. The summed E-state index contributed by atoms with van der Waals surface area (Å²) in [4.78, 5) is 4.52. The van der Waals surface area contributed by atoms with Gasteiger partial charge in [0.2, 0.25) is 5.88 Å². The van der Waals surface area contributed by atoms with Crippen LogP contribution in [0, 0.1) is 6.92 Å². The van der Waals surface area contributed by atoms with E-state index in [4.69, 9.17) is 4.74 Å². The number of ether oxygens (including phenoxy) is 1. The fourth-order valence-corrected chi connectivity index (χ4v) is 3.19.